The van der Waals surface area contributed by atoms with Gasteiger partial charge in [0.2, 0.25) is 0 Å². The molecular formula is C34H35N3O5. The van der Waals surface area contributed by atoms with Crippen molar-refractivity contribution in [2.75, 3.05) is 18.8 Å². The lowest BCUT2D eigenvalue weighted by atomic mass is 9.73. The number of amides is 1. The number of ether oxygens (including phenoxy) is 2. The van der Waals surface area contributed by atoms with Crippen molar-refractivity contribution >= 4 is 28.7 Å². The van der Waals surface area contributed by atoms with Gasteiger partial charge < -0.3 is 25.2 Å². The van der Waals surface area contributed by atoms with E-state index in [1.165, 1.54) is 5.56 Å². The van der Waals surface area contributed by atoms with Gasteiger partial charge in [0.25, 0.3) is 0 Å². The van der Waals surface area contributed by atoms with Crippen LogP contribution in [0.25, 0.3) is 21.9 Å². The summed E-state index contributed by atoms with van der Waals surface area (Å²) in [6.45, 7) is 4.93. The third kappa shape index (κ3) is 5.24. The summed E-state index contributed by atoms with van der Waals surface area (Å²) in [6, 6.07) is 22.1. The second kappa shape index (κ2) is 11.0. The molecule has 2 aliphatic rings. The lowest BCUT2D eigenvalue weighted by molar-refractivity contribution is -0.136. The van der Waals surface area contributed by atoms with Crippen LogP contribution < -0.4 is 10.5 Å². The van der Waals surface area contributed by atoms with Crippen LogP contribution in [0.4, 0.5) is 10.6 Å². The van der Waals surface area contributed by atoms with Crippen LogP contribution in [0.3, 0.4) is 0 Å². The number of fused-ring (bicyclic) bond motifs is 3. The molecule has 1 aliphatic carbocycles. The second-order valence-electron chi connectivity index (χ2n) is 11.6. The summed E-state index contributed by atoms with van der Waals surface area (Å²) >= 11 is 0. The molecular weight excluding hydrogens is 530 g/mol. The SMILES string of the molecule is CC(C)OC(=O)N1CCC2(CC1)CC(Oc1ccccc1CC(=O)O)c1cc(-c3ccc4ccnc(N)c4c3)ccc12. The first-order valence-electron chi connectivity index (χ1n) is 14.4. The highest BCUT2D eigenvalue weighted by atomic mass is 16.6. The number of hydrogen-bond donors (Lipinski definition) is 2. The predicted molar refractivity (Wildman–Crippen MR) is 161 cm³/mol. The van der Waals surface area contributed by atoms with E-state index in [4.69, 9.17) is 15.2 Å². The Hall–Kier alpha value is -4.59. The zero-order valence-corrected chi connectivity index (χ0v) is 23.9. The summed E-state index contributed by atoms with van der Waals surface area (Å²) in [6.07, 6.45) is 3.23. The first-order valence-corrected chi connectivity index (χ1v) is 14.4. The number of carboxylic acids is 1. The van der Waals surface area contributed by atoms with Gasteiger partial charge >= 0.3 is 12.1 Å². The topological polar surface area (TPSA) is 115 Å². The van der Waals surface area contributed by atoms with Crippen molar-refractivity contribution in [3.8, 4) is 16.9 Å². The number of nitrogens with two attached hydrogens (primary N) is 1. The molecule has 0 bridgehead atoms. The third-order valence-electron chi connectivity index (χ3n) is 8.58. The number of aromatic nitrogens is 1. The highest BCUT2D eigenvalue weighted by Gasteiger charge is 2.47. The molecule has 2 heterocycles. The van der Waals surface area contributed by atoms with Crippen LogP contribution in [0.2, 0.25) is 0 Å². The maximum Gasteiger partial charge on any atom is 0.410 e. The normalized spacial score (nSPS) is 17.4. The quantitative estimate of drug-likeness (QED) is 0.274. The first-order chi connectivity index (χ1) is 20.2. The predicted octanol–water partition coefficient (Wildman–Crippen LogP) is 6.51. The van der Waals surface area contributed by atoms with Crippen molar-refractivity contribution in [1.29, 1.82) is 0 Å². The molecule has 1 saturated heterocycles. The number of likely N-dealkylation sites (tertiary alicyclic amines) is 1. The average Bonchev–Trinajstić information content (AvgIpc) is 3.25. The van der Waals surface area contributed by atoms with Crippen LogP contribution in [0.5, 0.6) is 5.75 Å². The number of carboxylic acid groups (broad SMARTS) is 1. The standard InChI is InChI=1S/C34H35N3O5/c1-21(2)41-33(40)37-15-12-34(13-16-37)20-30(42-29-6-4-3-5-25(29)19-31(38)39)27-18-24(9-10-28(27)34)23-8-7-22-11-14-36-32(35)26(22)17-23/h3-11,14,17-18,21,30H,12-13,15-16,19-20H2,1-2H3,(H2,35,36)(H,38,39). The van der Waals surface area contributed by atoms with Crippen LogP contribution in [0.15, 0.2) is 72.9 Å². The lowest BCUT2D eigenvalue weighted by Crippen LogP contribution is -2.45. The second-order valence-corrected chi connectivity index (χ2v) is 11.6. The smallest absolute Gasteiger partial charge is 0.410 e. The number of aliphatic carboxylic acids is 1. The minimum Gasteiger partial charge on any atom is -0.485 e. The minimum atomic E-state index is -0.901. The molecule has 8 nitrogen and oxygen atoms in total. The van der Waals surface area contributed by atoms with Gasteiger partial charge in [0.05, 0.1) is 12.5 Å². The summed E-state index contributed by atoms with van der Waals surface area (Å²) in [7, 11) is 0. The van der Waals surface area contributed by atoms with Crippen LogP contribution in [0, 0.1) is 0 Å². The van der Waals surface area contributed by atoms with Crippen molar-refractivity contribution in [1.82, 2.24) is 9.88 Å². The molecule has 1 atom stereocenters. The maximum absolute atomic E-state index is 12.6. The zero-order valence-electron chi connectivity index (χ0n) is 23.9. The number of pyridine rings is 1. The summed E-state index contributed by atoms with van der Waals surface area (Å²) in [5.41, 5.74) is 11.1. The Morgan fingerprint density at radius 1 is 1.05 bits per heavy atom. The number of hydrogen-bond acceptors (Lipinski definition) is 6. The third-order valence-corrected chi connectivity index (χ3v) is 8.58. The van der Waals surface area contributed by atoms with E-state index in [2.05, 4.69) is 41.4 Å². The highest BCUT2D eigenvalue weighted by Crippen LogP contribution is 2.53. The number of piperidine rings is 1. The van der Waals surface area contributed by atoms with Crippen molar-refractivity contribution in [2.24, 2.45) is 0 Å². The molecule has 1 amide bonds. The molecule has 1 aromatic heterocycles. The van der Waals surface area contributed by atoms with Crippen LogP contribution in [-0.4, -0.2) is 46.2 Å². The van der Waals surface area contributed by atoms with Gasteiger partial charge in [0.1, 0.15) is 17.7 Å². The largest absolute Gasteiger partial charge is 0.485 e. The van der Waals surface area contributed by atoms with E-state index >= 15 is 0 Å². The summed E-state index contributed by atoms with van der Waals surface area (Å²) < 4.78 is 12.1. The van der Waals surface area contributed by atoms with E-state index in [0.29, 0.717) is 30.2 Å². The Labute approximate surface area is 245 Å². The molecule has 1 aliphatic heterocycles. The van der Waals surface area contributed by atoms with E-state index < -0.39 is 5.97 Å². The Morgan fingerprint density at radius 2 is 1.79 bits per heavy atom. The summed E-state index contributed by atoms with van der Waals surface area (Å²) in [5.74, 6) is 0.177. The van der Waals surface area contributed by atoms with Crippen molar-refractivity contribution in [3.05, 3.63) is 89.6 Å². The number of nitrogen functional groups attached to an aromatic ring is 1. The van der Waals surface area contributed by atoms with Crippen LogP contribution in [0.1, 0.15) is 55.9 Å². The molecule has 0 radical (unpaired) electrons. The highest BCUT2D eigenvalue weighted by molar-refractivity contribution is 5.94. The molecule has 1 unspecified atom stereocenters. The van der Waals surface area contributed by atoms with Crippen molar-refractivity contribution in [3.63, 3.8) is 0 Å². The number of para-hydroxylation sites is 1. The fraction of sp³-hybridized carbons (Fsp3) is 0.324. The summed E-state index contributed by atoms with van der Waals surface area (Å²) in [5, 5.41) is 11.4. The van der Waals surface area contributed by atoms with Gasteiger partial charge in [-0.05, 0) is 85.0 Å². The van der Waals surface area contributed by atoms with E-state index in [9.17, 15) is 14.7 Å². The van der Waals surface area contributed by atoms with Gasteiger partial charge in [0, 0.05) is 35.7 Å². The average molecular weight is 566 g/mol. The molecule has 3 N–H and O–H groups in total. The van der Waals surface area contributed by atoms with E-state index in [-0.39, 0.29) is 30.1 Å². The van der Waals surface area contributed by atoms with Gasteiger partial charge in [0.15, 0.2) is 0 Å². The molecule has 4 aromatic rings. The molecule has 8 heteroatoms. The molecule has 3 aromatic carbocycles. The number of carbonyl (C=O) groups is 2. The van der Waals surface area contributed by atoms with Gasteiger partial charge in [-0.3, -0.25) is 4.79 Å². The number of carbonyl (C=O) groups excluding carboxylic acids is 1. The Morgan fingerprint density at radius 3 is 2.55 bits per heavy atom. The van der Waals surface area contributed by atoms with Crippen LogP contribution in [-0.2, 0) is 21.4 Å². The number of anilines is 1. The monoisotopic (exact) mass is 565 g/mol. The van der Waals surface area contributed by atoms with Crippen molar-refractivity contribution in [2.45, 2.75) is 57.2 Å². The van der Waals surface area contributed by atoms with Gasteiger partial charge in [-0.25, -0.2) is 9.78 Å². The maximum atomic E-state index is 12.6. The molecule has 0 saturated carbocycles. The first kappa shape index (κ1) is 27.6. The molecule has 1 spiro atoms. The Kier molecular flexibility index (Phi) is 7.22. The van der Waals surface area contributed by atoms with Gasteiger partial charge in [-0.2, -0.15) is 0 Å². The van der Waals surface area contributed by atoms with Crippen LogP contribution >= 0.6 is 0 Å². The zero-order chi connectivity index (χ0) is 29.4. The number of nitrogens with zero attached hydrogens (tertiary/aromatic N) is 2. The molecule has 42 heavy (non-hydrogen) atoms. The molecule has 1 fully saturated rings. The fourth-order valence-electron chi connectivity index (χ4n) is 6.49. The number of rotatable bonds is 6. The minimum absolute atomic E-state index is 0.111. The van der Waals surface area contributed by atoms with Gasteiger partial charge in [-0.1, -0.05) is 42.5 Å². The van der Waals surface area contributed by atoms with Gasteiger partial charge in [-0.15, -0.1) is 0 Å². The van der Waals surface area contributed by atoms with Crippen molar-refractivity contribution < 1.29 is 24.2 Å². The fourth-order valence-corrected chi connectivity index (χ4v) is 6.49. The number of benzene rings is 3. The lowest BCUT2D eigenvalue weighted by Gasteiger charge is -2.40. The molecule has 216 valence electrons. The molecule has 6 rings (SSSR count). The Balaban J connectivity index is 1.37. The van der Waals surface area contributed by atoms with E-state index in [1.807, 2.05) is 38.1 Å². The Bertz CT molecular complexity index is 1660. The van der Waals surface area contributed by atoms with E-state index in [0.717, 1.165) is 46.7 Å². The van der Waals surface area contributed by atoms with E-state index in [1.54, 1.807) is 17.2 Å². The summed E-state index contributed by atoms with van der Waals surface area (Å²) in [4.78, 5) is 30.2.